The van der Waals surface area contributed by atoms with Gasteiger partial charge in [0.2, 0.25) is 0 Å². The molecule has 4 nitrogen and oxygen atoms in total. The summed E-state index contributed by atoms with van der Waals surface area (Å²) < 4.78 is 11.6. The van der Waals surface area contributed by atoms with Gasteiger partial charge in [-0.2, -0.15) is 0 Å². The van der Waals surface area contributed by atoms with E-state index in [4.69, 9.17) is 15.2 Å². The fourth-order valence-electron chi connectivity index (χ4n) is 3.75. The minimum Gasteiger partial charge on any atom is -0.378 e. The van der Waals surface area contributed by atoms with E-state index in [1.165, 1.54) is 25.9 Å². The summed E-state index contributed by atoms with van der Waals surface area (Å²) in [5, 5.41) is 0. The quantitative estimate of drug-likeness (QED) is 0.798. The Bertz CT molecular complexity index is 290. The van der Waals surface area contributed by atoms with Crippen molar-refractivity contribution >= 4 is 0 Å². The maximum atomic E-state index is 6.03. The van der Waals surface area contributed by atoms with Gasteiger partial charge >= 0.3 is 0 Å². The van der Waals surface area contributed by atoms with Crippen LogP contribution in [-0.4, -0.2) is 55.5 Å². The first kappa shape index (κ1) is 12.9. The van der Waals surface area contributed by atoms with E-state index >= 15 is 0 Å². The Balaban J connectivity index is 1.59. The van der Waals surface area contributed by atoms with Crippen LogP contribution in [0, 0.1) is 5.92 Å². The minimum absolute atomic E-state index is 0.0370. The van der Waals surface area contributed by atoms with Crippen LogP contribution in [-0.2, 0) is 9.47 Å². The molecule has 3 aliphatic heterocycles. The molecule has 0 aromatic carbocycles. The molecule has 0 radical (unpaired) electrons. The molecule has 2 N–H and O–H groups in total. The van der Waals surface area contributed by atoms with Crippen LogP contribution in [0.3, 0.4) is 0 Å². The molecule has 0 aromatic heterocycles. The second kappa shape index (κ2) is 5.08. The zero-order valence-electron chi connectivity index (χ0n) is 11.4. The normalized spacial score (nSPS) is 43.7. The lowest BCUT2D eigenvalue weighted by Gasteiger charge is -2.41. The Morgan fingerprint density at radius 3 is 2.89 bits per heavy atom. The SMILES string of the molecule is CC(N)C1CCN(C2CCOC3(CCOC3)C2)C1. The third-order valence-electron chi connectivity index (χ3n) is 5.05. The van der Waals surface area contributed by atoms with Crippen LogP contribution < -0.4 is 5.73 Å². The van der Waals surface area contributed by atoms with Crippen LogP contribution in [0.25, 0.3) is 0 Å². The van der Waals surface area contributed by atoms with Crippen LogP contribution in [0.1, 0.15) is 32.6 Å². The fourth-order valence-corrected chi connectivity index (χ4v) is 3.75. The van der Waals surface area contributed by atoms with Crippen molar-refractivity contribution in [3.63, 3.8) is 0 Å². The number of hydrogen-bond donors (Lipinski definition) is 1. The highest BCUT2D eigenvalue weighted by Gasteiger charge is 2.43. The monoisotopic (exact) mass is 254 g/mol. The molecular formula is C14H26N2O2. The Hall–Kier alpha value is -0.160. The number of nitrogens with zero attached hydrogens (tertiary/aromatic N) is 1. The molecule has 4 atom stereocenters. The molecule has 3 aliphatic rings. The summed E-state index contributed by atoms with van der Waals surface area (Å²) in [6, 6.07) is 1.02. The number of ether oxygens (including phenoxy) is 2. The molecule has 0 amide bonds. The average molecular weight is 254 g/mol. The van der Waals surface area contributed by atoms with E-state index in [9.17, 15) is 0 Å². The van der Waals surface area contributed by atoms with Crippen molar-refractivity contribution in [2.45, 2.75) is 50.3 Å². The first-order valence-electron chi connectivity index (χ1n) is 7.40. The molecule has 3 fully saturated rings. The standard InChI is InChI=1S/C14H26N2O2/c1-11(15)12-2-5-16(9-12)13-3-6-18-14(8-13)4-7-17-10-14/h11-13H,2-10,15H2,1H3. The topological polar surface area (TPSA) is 47.7 Å². The van der Waals surface area contributed by atoms with E-state index < -0.39 is 0 Å². The van der Waals surface area contributed by atoms with Gasteiger partial charge < -0.3 is 15.2 Å². The molecule has 4 heteroatoms. The lowest BCUT2D eigenvalue weighted by atomic mass is 9.89. The highest BCUT2D eigenvalue weighted by atomic mass is 16.6. The predicted octanol–water partition coefficient (Wildman–Crippen LogP) is 0.994. The highest BCUT2D eigenvalue weighted by molar-refractivity contribution is 4.95. The van der Waals surface area contributed by atoms with Gasteiger partial charge in [-0.05, 0) is 38.6 Å². The van der Waals surface area contributed by atoms with E-state index in [0.717, 1.165) is 32.7 Å². The maximum Gasteiger partial charge on any atom is 0.0951 e. The summed E-state index contributed by atoms with van der Waals surface area (Å²) in [7, 11) is 0. The number of nitrogens with two attached hydrogens (primary N) is 1. The van der Waals surface area contributed by atoms with Gasteiger partial charge in [-0.3, -0.25) is 4.90 Å². The van der Waals surface area contributed by atoms with Crippen molar-refractivity contribution in [3.8, 4) is 0 Å². The van der Waals surface area contributed by atoms with E-state index in [1.54, 1.807) is 0 Å². The fraction of sp³-hybridized carbons (Fsp3) is 1.00. The Kier molecular flexibility index (Phi) is 3.63. The van der Waals surface area contributed by atoms with E-state index in [0.29, 0.717) is 18.0 Å². The summed E-state index contributed by atoms with van der Waals surface area (Å²) in [5.41, 5.74) is 6.07. The summed E-state index contributed by atoms with van der Waals surface area (Å²) in [4.78, 5) is 2.65. The molecule has 4 unspecified atom stereocenters. The molecule has 0 saturated carbocycles. The largest absolute Gasteiger partial charge is 0.378 e. The molecule has 1 spiro atoms. The molecule has 0 aliphatic carbocycles. The third kappa shape index (κ3) is 2.44. The summed E-state index contributed by atoms with van der Waals surface area (Å²) in [6.07, 6.45) is 4.67. The Labute approximate surface area is 110 Å². The Morgan fingerprint density at radius 1 is 1.33 bits per heavy atom. The van der Waals surface area contributed by atoms with Crippen molar-refractivity contribution in [1.82, 2.24) is 4.90 Å². The van der Waals surface area contributed by atoms with Crippen molar-refractivity contribution in [2.24, 2.45) is 11.7 Å². The van der Waals surface area contributed by atoms with Gasteiger partial charge in [-0.25, -0.2) is 0 Å². The van der Waals surface area contributed by atoms with Crippen LogP contribution in [0.2, 0.25) is 0 Å². The zero-order valence-corrected chi connectivity index (χ0v) is 11.4. The number of rotatable bonds is 2. The number of likely N-dealkylation sites (tertiary alicyclic amines) is 1. The lowest BCUT2D eigenvalue weighted by molar-refractivity contribution is -0.104. The van der Waals surface area contributed by atoms with Gasteiger partial charge in [0.15, 0.2) is 0 Å². The molecule has 3 heterocycles. The maximum absolute atomic E-state index is 6.03. The molecule has 0 aromatic rings. The molecule has 18 heavy (non-hydrogen) atoms. The first-order valence-corrected chi connectivity index (χ1v) is 7.40. The summed E-state index contributed by atoms with van der Waals surface area (Å²) in [5.74, 6) is 0.684. The van der Waals surface area contributed by atoms with Gasteiger partial charge in [-0.15, -0.1) is 0 Å². The average Bonchev–Trinajstić information content (AvgIpc) is 2.98. The second-order valence-corrected chi connectivity index (χ2v) is 6.38. The van der Waals surface area contributed by atoms with Crippen molar-refractivity contribution < 1.29 is 9.47 Å². The van der Waals surface area contributed by atoms with Crippen molar-refractivity contribution in [3.05, 3.63) is 0 Å². The first-order chi connectivity index (χ1) is 8.69. The van der Waals surface area contributed by atoms with E-state index in [2.05, 4.69) is 11.8 Å². The number of hydrogen-bond acceptors (Lipinski definition) is 4. The minimum atomic E-state index is 0.0370. The zero-order chi connectivity index (χ0) is 12.6. The smallest absolute Gasteiger partial charge is 0.0951 e. The molecule has 3 rings (SSSR count). The van der Waals surface area contributed by atoms with Gasteiger partial charge in [-0.1, -0.05) is 0 Å². The second-order valence-electron chi connectivity index (χ2n) is 6.38. The third-order valence-corrected chi connectivity index (χ3v) is 5.05. The van der Waals surface area contributed by atoms with Crippen molar-refractivity contribution in [1.29, 1.82) is 0 Å². The molecular weight excluding hydrogens is 228 g/mol. The molecule has 3 saturated heterocycles. The van der Waals surface area contributed by atoms with Gasteiger partial charge in [0.1, 0.15) is 0 Å². The molecule has 104 valence electrons. The van der Waals surface area contributed by atoms with Crippen molar-refractivity contribution in [2.75, 3.05) is 32.9 Å². The van der Waals surface area contributed by atoms with Crippen LogP contribution in [0.5, 0.6) is 0 Å². The predicted molar refractivity (Wildman–Crippen MR) is 70.5 cm³/mol. The van der Waals surface area contributed by atoms with Crippen LogP contribution >= 0.6 is 0 Å². The summed E-state index contributed by atoms with van der Waals surface area (Å²) in [6.45, 7) is 7.11. The van der Waals surface area contributed by atoms with Gasteiger partial charge in [0.05, 0.1) is 12.2 Å². The van der Waals surface area contributed by atoms with Gasteiger partial charge in [0.25, 0.3) is 0 Å². The lowest BCUT2D eigenvalue weighted by Crippen LogP contribution is -2.48. The van der Waals surface area contributed by atoms with Crippen LogP contribution in [0.15, 0.2) is 0 Å². The summed E-state index contributed by atoms with van der Waals surface area (Å²) >= 11 is 0. The van der Waals surface area contributed by atoms with E-state index in [1.807, 2.05) is 0 Å². The van der Waals surface area contributed by atoms with E-state index in [-0.39, 0.29) is 5.60 Å². The Morgan fingerprint density at radius 2 is 2.22 bits per heavy atom. The highest BCUT2D eigenvalue weighted by Crippen LogP contribution is 2.36. The van der Waals surface area contributed by atoms with Crippen LogP contribution in [0.4, 0.5) is 0 Å². The van der Waals surface area contributed by atoms with Gasteiger partial charge in [0, 0.05) is 38.3 Å². The molecule has 0 bridgehead atoms.